The SMILES string of the molecule is CCC(NC1CCCC(C)CC1)c1ccc(O)cc1. The van der Waals surface area contributed by atoms with Gasteiger partial charge in [0, 0.05) is 12.1 Å². The minimum atomic E-state index is 0.349. The van der Waals surface area contributed by atoms with Crippen LogP contribution in [0.1, 0.15) is 64.0 Å². The van der Waals surface area contributed by atoms with Gasteiger partial charge in [-0.25, -0.2) is 0 Å². The largest absolute Gasteiger partial charge is 0.508 e. The van der Waals surface area contributed by atoms with Gasteiger partial charge in [0.1, 0.15) is 5.75 Å². The van der Waals surface area contributed by atoms with Crippen molar-refractivity contribution in [3.8, 4) is 5.75 Å². The van der Waals surface area contributed by atoms with Crippen molar-refractivity contribution in [2.45, 2.75) is 64.5 Å². The number of hydrogen-bond donors (Lipinski definition) is 2. The smallest absolute Gasteiger partial charge is 0.115 e. The average molecular weight is 261 g/mol. The van der Waals surface area contributed by atoms with Gasteiger partial charge in [0.2, 0.25) is 0 Å². The third kappa shape index (κ3) is 4.24. The molecule has 0 radical (unpaired) electrons. The van der Waals surface area contributed by atoms with Gasteiger partial charge in [-0.1, -0.05) is 38.8 Å². The molecule has 0 saturated heterocycles. The minimum absolute atomic E-state index is 0.349. The van der Waals surface area contributed by atoms with Gasteiger partial charge in [0.15, 0.2) is 0 Å². The predicted molar refractivity (Wildman–Crippen MR) is 80.3 cm³/mol. The van der Waals surface area contributed by atoms with E-state index in [1.54, 1.807) is 12.1 Å². The van der Waals surface area contributed by atoms with Crippen LogP contribution >= 0.6 is 0 Å². The lowest BCUT2D eigenvalue weighted by molar-refractivity contribution is 0.387. The zero-order valence-corrected chi connectivity index (χ0v) is 12.2. The molecule has 1 saturated carbocycles. The molecule has 19 heavy (non-hydrogen) atoms. The highest BCUT2D eigenvalue weighted by molar-refractivity contribution is 5.28. The van der Waals surface area contributed by atoms with E-state index in [1.165, 1.54) is 37.7 Å². The van der Waals surface area contributed by atoms with E-state index in [9.17, 15) is 5.11 Å². The first kappa shape index (κ1) is 14.4. The summed E-state index contributed by atoms with van der Waals surface area (Å²) < 4.78 is 0. The summed E-state index contributed by atoms with van der Waals surface area (Å²) in [5.41, 5.74) is 1.29. The third-order valence-electron chi connectivity index (χ3n) is 4.40. The molecule has 0 heterocycles. The highest BCUT2D eigenvalue weighted by atomic mass is 16.3. The average Bonchev–Trinajstić information content (AvgIpc) is 2.62. The normalized spacial score (nSPS) is 25.8. The topological polar surface area (TPSA) is 32.3 Å². The quantitative estimate of drug-likeness (QED) is 0.787. The molecule has 2 heteroatoms. The monoisotopic (exact) mass is 261 g/mol. The summed E-state index contributed by atoms with van der Waals surface area (Å²) in [7, 11) is 0. The maximum atomic E-state index is 9.38. The van der Waals surface area contributed by atoms with Gasteiger partial charge in [0.25, 0.3) is 0 Å². The van der Waals surface area contributed by atoms with Gasteiger partial charge in [-0.05, 0) is 49.3 Å². The molecule has 0 spiro atoms. The van der Waals surface area contributed by atoms with Gasteiger partial charge in [-0.2, -0.15) is 0 Å². The summed E-state index contributed by atoms with van der Waals surface area (Å²) in [6.45, 7) is 4.60. The molecular formula is C17H27NO. The fourth-order valence-corrected chi connectivity index (χ4v) is 3.09. The van der Waals surface area contributed by atoms with Crippen molar-refractivity contribution in [3.05, 3.63) is 29.8 Å². The van der Waals surface area contributed by atoms with E-state index in [1.807, 2.05) is 12.1 Å². The highest BCUT2D eigenvalue weighted by Crippen LogP contribution is 2.26. The Balaban J connectivity index is 1.96. The van der Waals surface area contributed by atoms with Crippen LogP contribution in [0, 0.1) is 5.92 Å². The fourth-order valence-electron chi connectivity index (χ4n) is 3.09. The molecule has 1 aliphatic carbocycles. The number of aromatic hydroxyl groups is 1. The lowest BCUT2D eigenvalue weighted by atomic mass is 10.0. The zero-order valence-electron chi connectivity index (χ0n) is 12.2. The van der Waals surface area contributed by atoms with Gasteiger partial charge in [-0.15, -0.1) is 0 Å². The van der Waals surface area contributed by atoms with Gasteiger partial charge < -0.3 is 10.4 Å². The van der Waals surface area contributed by atoms with Crippen LogP contribution in [0.25, 0.3) is 0 Å². The summed E-state index contributed by atoms with van der Waals surface area (Å²) in [6.07, 6.45) is 7.79. The molecule has 2 nitrogen and oxygen atoms in total. The Morgan fingerprint density at radius 3 is 2.58 bits per heavy atom. The Bertz CT molecular complexity index is 373. The molecular weight excluding hydrogens is 234 g/mol. The van der Waals surface area contributed by atoms with Crippen molar-refractivity contribution >= 4 is 0 Å². The molecule has 106 valence electrons. The van der Waals surface area contributed by atoms with Gasteiger partial charge in [-0.3, -0.25) is 0 Å². The van der Waals surface area contributed by atoms with E-state index in [-0.39, 0.29) is 0 Å². The molecule has 2 N–H and O–H groups in total. The predicted octanol–water partition coefficient (Wildman–Crippen LogP) is 4.40. The van der Waals surface area contributed by atoms with Gasteiger partial charge in [0.05, 0.1) is 0 Å². The van der Waals surface area contributed by atoms with E-state index in [0.29, 0.717) is 17.8 Å². The lowest BCUT2D eigenvalue weighted by Gasteiger charge is -2.24. The van der Waals surface area contributed by atoms with Crippen LogP contribution in [0.4, 0.5) is 0 Å². The molecule has 1 aliphatic rings. The molecule has 2 rings (SSSR count). The Labute approximate surface area is 117 Å². The first-order valence-electron chi connectivity index (χ1n) is 7.74. The maximum Gasteiger partial charge on any atom is 0.115 e. The van der Waals surface area contributed by atoms with Crippen LogP contribution in [0.3, 0.4) is 0 Å². The van der Waals surface area contributed by atoms with Crippen LogP contribution in [0.5, 0.6) is 5.75 Å². The van der Waals surface area contributed by atoms with Crippen molar-refractivity contribution in [1.82, 2.24) is 5.32 Å². The van der Waals surface area contributed by atoms with E-state index in [0.717, 1.165) is 12.3 Å². The first-order chi connectivity index (χ1) is 9.19. The summed E-state index contributed by atoms with van der Waals surface area (Å²) in [4.78, 5) is 0. The Hall–Kier alpha value is -1.02. The van der Waals surface area contributed by atoms with Crippen LogP contribution < -0.4 is 5.32 Å². The second-order valence-corrected chi connectivity index (χ2v) is 6.03. The van der Waals surface area contributed by atoms with Crippen LogP contribution in [0.15, 0.2) is 24.3 Å². The summed E-state index contributed by atoms with van der Waals surface area (Å²) in [5, 5.41) is 13.2. The molecule has 0 bridgehead atoms. The minimum Gasteiger partial charge on any atom is -0.508 e. The van der Waals surface area contributed by atoms with Crippen molar-refractivity contribution < 1.29 is 5.11 Å². The molecule has 3 unspecified atom stereocenters. The highest BCUT2D eigenvalue weighted by Gasteiger charge is 2.19. The van der Waals surface area contributed by atoms with Crippen LogP contribution in [0.2, 0.25) is 0 Å². The number of hydrogen-bond acceptors (Lipinski definition) is 2. The number of nitrogens with one attached hydrogen (secondary N) is 1. The maximum absolute atomic E-state index is 9.38. The summed E-state index contributed by atoms with van der Waals surface area (Å²) >= 11 is 0. The van der Waals surface area contributed by atoms with Crippen LogP contribution in [-0.2, 0) is 0 Å². The second kappa shape index (κ2) is 6.95. The fraction of sp³-hybridized carbons (Fsp3) is 0.647. The number of phenols is 1. The van der Waals surface area contributed by atoms with Crippen molar-refractivity contribution in [2.75, 3.05) is 0 Å². The third-order valence-corrected chi connectivity index (χ3v) is 4.40. The Morgan fingerprint density at radius 2 is 1.89 bits per heavy atom. The van der Waals surface area contributed by atoms with Crippen LogP contribution in [-0.4, -0.2) is 11.1 Å². The van der Waals surface area contributed by atoms with Crippen molar-refractivity contribution in [3.63, 3.8) is 0 Å². The summed E-state index contributed by atoms with van der Waals surface area (Å²) in [5.74, 6) is 1.24. The second-order valence-electron chi connectivity index (χ2n) is 6.03. The van der Waals surface area contributed by atoms with Crippen molar-refractivity contribution in [2.24, 2.45) is 5.92 Å². The summed E-state index contributed by atoms with van der Waals surface area (Å²) in [6, 6.07) is 8.72. The standard InChI is InChI=1S/C17H27NO/c1-3-17(14-8-11-16(19)12-9-14)18-15-6-4-5-13(2)7-10-15/h8-9,11-13,15,17-19H,3-7,10H2,1-2H3. The van der Waals surface area contributed by atoms with E-state index >= 15 is 0 Å². The Kier molecular flexibility index (Phi) is 5.26. The molecule has 1 aromatic rings. The van der Waals surface area contributed by atoms with E-state index < -0.39 is 0 Å². The van der Waals surface area contributed by atoms with E-state index in [4.69, 9.17) is 0 Å². The van der Waals surface area contributed by atoms with Gasteiger partial charge >= 0.3 is 0 Å². The molecule has 0 aliphatic heterocycles. The van der Waals surface area contributed by atoms with E-state index in [2.05, 4.69) is 19.2 Å². The number of benzene rings is 1. The van der Waals surface area contributed by atoms with Crippen molar-refractivity contribution in [1.29, 1.82) is 0 Å². The lowest BCUT2D eigenvalue weighted by Crippen LogP contribution is -2.32. The number of phenolic OH excluding ortho intramolecular Hbond substituents is 1. The molecule has 3 atom stereocenters. The molecule has 0 aromatic heterocycles. The Morgan fingerprint density at radius 1 is 1.16 bits per heavy atom. The zero-order chi connectivity index (χ0) is 13.7. The number of rotatable bonds is 4. The molecule has 1 fully saturated rings. The molecule has 0 amide bonds. The first-order valence-corrected chi connectivity index (χ1v) is 7.74. The molecule has 1 aromatic carbocycles.